The molecule has 0 saturated carbocycles. The van der Waals surface area contributed by atoms with Gasteiger partial charge in [0.25, 0.3) is 11.7 Å². The van der Waals surface area contributed by atoms with Crippen molar-refractivity contribution in [3.05, 3.63) is 22.7 Å². The average molecular weight is 300 g/mol. The Kier molecular flexibility index (Phi) is 3.34. The molecule has 0 aliphatic heterocycles. The molecule has 0 bridgehead atoms. The standard InChI is InChI=1S/C9H10BrN5O2/c1-5(16)2-11-8(17)7-13-9-12-3-6(10)4-15(9)14-7/h3-5,16H,2H2,1H3,(H,11,17). The van der Waals surface area contributed by atoms with Gasteiger partial charge in [-0.1, -0.05) is 0 Å². The van der Waals surface area contributed by atoms with E-state index in [1.54, 1.807) is 19.3 Å². The van der Waals surface area contributed by atoms with E-state index < -0.39 is 12.0 Å². The molecule has 0 aromatic carbocycles. The number of halogens is 1. The van der Waals surface area contributed by atoms with Crippen molar-refractivity contribution in [2.24, 2.45) is 0 Å². The summed E-state index contributed by atoms with van der Waals surface area (Å²) in [5.74, 6) is -0.0702. The third kappa shape index (κ3) is 2.77. The van der Waals surface area contributed by atoms with Crippen molar-refractivity contribution in [1.82, 2.24) is 24.9 Å². The molecule has 2 aromatic rings. The Bertz CT molecular complexity index is 553. The van der Waals surface area contributed by atoms with Gasteiger partial charge >= 0.3 is 0 Å². The van der Waals surface area contributed by atoms with Gasteiger partial charge in [0.15, 0.2) is 0 Å². The Morgan fingerprint density at radius 2 is 2.47 bits per heavy atom. The van der Waals surface area contributed by atoms with Gasteiger partial charge in [-0.05, 0) is 22.9 Å². The molecule has 2 N–H and O–H groups in total. The fourth-order valence-corrected chi connectivity index (χ4v) is 1.47. The lowest BCUT2D eigenvalue weighted by Crippen LogP contribution is -2.31. The van der Waals surface area contributed by atoms with E-state index in [1.807, 2.05) is 0 Å². The van der Waals surface area contributed by atoms with E-state index >= 15 is 0 Å². The van der Waals surface area contributed by atoms with Crippen molar-refractivity contribution in [2.75, 3.05) is 6.54 Å². The zero-order valence-electron chi connectivity index (χ0n) is 8.96. The molecule has 1 unspecified atom stereocenters. The van der Waals surface area contributed by atoms with Crippen molar-refractivity contribution in [3.8, 4) is 0 Å². The topological polar surface area (TPSA) is 92.4 Å². The summed E-state index contributed by atoms with van der Waals surface area (Å²) in [4.78, 5) is 19.6. The van der Waals surface area contributed by atoms with Crippen molar-refractivity contribution < 1.29 is 9.90 Å². The molecule has 2 aromatic heterocycles. The average Bonchev–Trinajstić information content (AvgIpc) is 2.68. The smallest absolute Gasteiger partial charge is 0.291 e. The van der Waals surface area contributed by atoms with E-state index in [4.69, 9.17) is 5.11 Å². The molecule has 1 atom stereocenters. The molecule has 90 valence electrons. The van der Waals surface area contributed by atoms with E-state index in [0.29, 0.717) is 5.78 Å². The van der Waals surface area contributed by atoms with E-state index in [0.717, 1.165) is 4.47 Å². The predicted molar refractivity (Wildman–Crippen MR) is 62.5 cm³/mol. The Morgan fingerprint density at radius 1 is 1.71 bits per heavy atom. The summed E-state index contributed by atoms with van der Waals surface area (Å²) in [6.45, 7) is 1.74. The minimum absolute atomic E-state index is 0.0243. The van der Waals surface area contributed by atoms with E-state index in [1.165, 1.54) is 4.52 Å². The van der Waals surface area contributed by atoms with Crippen LogP contribution < -0.4 is 5.32 Å². The third-order valence-corrected chi connectivity index (χ3v) is 2.33. The Labute approximate surface area is 105 Å². The number of amides is 1. The van der Waals surface area contributed by atoms with Gasteiger partial charge in [0.05, 0.1) is 10.6 Å². The number of aliphatic hydroxyl groups is 1. The van der Waals surface area contributed by atoms with Gasteiger partial charge < -0.3 is 10.4 Å². The van der Waals surface area contributed by atoms with Crippen molar-refractivity contribution in [2.45, 2.75) is 13.0 Å². The van der Waals surface area contributed by atoms with Gasteiger partial charge in [0.2, 0.25) is 5.82 Å². The molecular weight excluding hydrogens is 290 g/mol. The first-order valence-electron chi connectivity index (χ1n) is 4.90. The quantitative estimate of drug-likeness (QED) is 0.832. The highest BCUT2D eigenvalue weighted by molar-refractivity contribution is 9.10. The molecule has 1 amide bonds. The minimum Gasteiger partial charge on any atom is -0.392 e. The van der Waals surface area contributed by atoms with Gasteiger partial charge in [0.1, 0.15) is 0 Å². The number of nitrogens with zero attached hydrogens (tertiary/aromatic N) is 4. The SMILES string of the molecule is CC(O)CNC(=O)c1nc2ncc(Br)cn2n1. The van der Waals surface area contributed by atoms with Crippen LogP contribution in [0.3, 0.4) is 0 Å². The summed E-state index contributed by atoms with van der Waals surface area (Å²) in [5, 5.41) is 15.5. The first-order valence-corrected chi connectivity index (χ1v) is 5.70. The van der Waals surface area contributed by atoms with Crippen LogP contribution in [-0.4, -0.2) is 43.2 Å². The maximum Gasteiger partial charge on any atom is 0.291 e. The molecule has 8 heteroatoms. The molecule has 7 nitrogen and oxygen atoms in total. The molecule has 0 spiro atoms. The lowest BCUT2D eigenvalue weighted by Gasteiger charge is -2.03. The number of hydrogen-bond donors (Lipinski definition) is 2. The van der Waals surface area contributed by atoms with Gasteiger partial charge in [-0.2, -0.15) is 4.98 Å². The summed E-state index contributed by atoms with van der Waals surface area (Å²) in [7, 11) is 0. The highest BCUT2D eigenvalue weighted by Gasteiger charge is 2.13. The summed E-state index contributed by atoms with van der Waals surface area (Å²) < 4.78 is 2.15. The number of rotatable bonds is 3. The van der Waals surface area contributed by atoms with Crippen molar-refractivity contribution >= 4 is 27.6 Å². The first-order chi connectivity index (χ1) is 8.06. The summed E-state index contributed by atoms with van der Waals surface area (Å²) in [5.41, 5.74) is 0. The molecule has 2 rings (SSSR count). The molecule has 0 fully saturated rings. The Hall–Kier alpha value is -1.54. The zero-order valence-corrected chi connectivity index (χ0v) is 10.5. The van der Waals surface area contributed by atoms with E-state index in [9.17, 15) is 4.79 Å². The number of hydrogen-bond acceptors (Lipinski definition) is 5. The fraction of sp³-hybridized carbons (Fsp3) is 0.333. The Balaban J connectivity index is 2.21. The molecular formula is C9H10BrN5O2. The lowest BCUT2D eigenvalue weighted by atomic mass is 10.4. The van der Waals surface area contributed by atoms with Crippen LogP contribution in [-0.2, 0) is 0 Å². The first kappa shape index (κ1) is 11.9. The number of aliphatic hydroxyl groups excluding tert-OH is 1. The number of nitrogens with one attached hydrogen (secondary N) is 1. The summed E-state index contributed by atoms with van der Waals surface area (Å²) >= 11 is 3.24. The molecule has 2 heterocycles. The lowest BCUT2D eigenvalue weighted by molar-refractivity contribution is 0.0914. The van der Waals surface area contributed by atoms with Crippen LogP contribution in [0.5, 0.6) is 0 Å². The van der Waals surface area contributed by atoms with Crippen molar-refractivity contribution in [1.29, 1.82) is 0 Å². The van der Waals surface area contributed by atoms with Crippen LogP contribution in [0, 0.1) is 0 Å². The molecule has 17 heavy (non-hydrogen) atoms. The second kappa shape index (κ2) is 4.76. The number of aromatic nitrogens is 4. The van der Waals surface area contributed by atoms with Crippen LogP contribution >= 0.6 is 15.9 Å². The number of carbonyl (C=O) groups is 1. The maximum atomic E-state index is 11.6. The van der Waals surface area contributed by atoms with Crippen LogP contribution in [0.15, 0.2) is 16.9 Å². The van der Waals surface area contributed by atoms with Crippen LogP contribution in [0.4, 0.5) is 0 Å². The Morgan fingerprint density at radius 3 is 3.18 bits per heavy atom. The van der Waals surface area contributed by atoms with Crippen molar-refractivity contribution in [3.63, 3.8) is 0 Å². The molecule has 0 saturated heterocycles. The monoisotopic (exact) mass is 299 g/mol. The summed E-state index contributed by atoms with van der Waals surface area (Å²) in [6, 6.07) is 0. The number of carbonyl (C=O) groups excluding carboxylic acids is 1. The normalized spacial score (nSPS) is 12.6. The molecule has 0 aliphatic rings. The van der Waals surface area contributed by atoms with Gasteiger partial charge in [-0.15, -0.1) is 5.10 Å². The van der Waals surface area contributed by atoms with Crippen LogP contribution in [0.1, 0.15) is 17.5 Å². The highest BCUT2D eigenvalue weighted by Crippen LogP contribution is 2.07. The van der Waals surface area contributed by atoms with Gasteiger partial charge in [0, 0.05) is 18.9 Å². The second-order valence-corrected chi connectivity index (χ2v) is 4.43. The minimum atomic E-state index is -0.608. The fourth-order valence-electron chi connectivity index (χ4n) is 1.17. The molecule has 0 radical (unpaired) electrons. The van der Waals surface area contributed by atoms with Crippen LogP contribution in [0.25, 0.3) is 5.78 Å². The third-order valence-electron chi connectivity index (χ3n) is 1.92. The largest absolute Gasteiger partial charge is 0.392 e. The highest BCUT2D eigenvalue weighted by atomic mass is 79.9. The number of fused-ring (bicyclic) bond motifs is 1. The van der Waals surface area contributed by atoms with E-state index in [2.05, 4.69) is 36.3 Å². The predicted octanol–water partition coefficient (Wildman–Crippen LogP) is -0.00260. The zero-order chi connectivity index (χ0) is 12.4. The maximum absolute atomic E-state index is 11.6. The van der Waals surface area contributed by atoms with E-state index in [-0.39, 0.29) is 12.4 Å². The van der Waals surface area contributed by atoms with Crippen LogP contribution in [0.2, 0.25) is 0 Å². The van der Waals surface area contributed by atoms with Gasteiger partial charge in [-0.25, -0.2) is 9.50 Å². The van der Waals surface area contributed by atoms with Gasteiger partial charge in [-0.3, -0.25) is 4.79 Å². The molecule has 0 aliphatic carbocycles. The summed E-state index contributed by atoms with van der Waals surface area (Å²) in [6.07, 6.45) is 2.62. The second-order valence-electron chi connectivity index (χ2n) is 3.51.